The normalized spacial score (nSPS) is 13.5. The number of para-hydroxylation sites is 5. The van der Waals surface area contributed by atoms with Gasteiger partial charge in [-0.1, -0.05) is 105 Å². The van der Waals surface area contributed by atoms with E-state index in [4.69, 9.17) is 4.98 Å². The van der Waals surface area contributed by atoms with Crippen LogP contribution in [0.5, 0.6) is 0 Å². The maximum atomic E-state index is 5.08. The number of imidazole rings is 1. The Balaban J connectivity index is 1.24. The summed E-state index contributed by atoms with van der Waals surface area (Å²) in [7, 11) is 0. The molecule has 2 aromatic heterocycles. The summed E-state index contributed by atoms with van der Waals surface area (Å²) >= 11 is 0. The van der Waals surface area contributed by atoms with Gasteiger partial charge in [0, 0.05) is 27.4 Å². The molecule has 0 aliphatic carbocycles. The zero-order chi connectivity index (χ0) is 28.7. The highest BCUT2D eigenvalue weighted by atomic mass is 15.1. The van der Waals surface area contributed by atoms with Crippen molar-refractivity contribution >= 4 is 32.8 Å². The fourth-order valence-corrected chi connectivity index (χ4v) is 7.20. The van der Waals surface area contributed by atoms with Gasteiger partial charge in [0.25, 0.3) is 0 Å². The third-order valence-electron chi connectivity index (χ3n) is 9.31. The van der Waals surface area contributed by atoms with Crippen LogP contribution in [0.3, 0.4) is 0 Å². The van der Waals surface area contributed by atoms with Gasteiger partial charge >= 0.3 is 0 Å². The fourth-order valence-electron chi connectivity index (χ4n) is 7.20. The van der Waals surface area contributed by atoms with Crippen molar-refractivity contribution in [1.82, 2.24) is 14.1 Å². The van der Waals surface area contributed by atoms with Crippen LogP contribution in [0.25, 0.3) is 66.7 Å². The summed E-state index contributed by atoms with van der Waals surface area (Å²) in [6.45, 7) is 4.73. The van der Waals surface area contributed by atoms with Gasteiger partial charge in [-0.3, -0.25) is 4.57 Å². The molecule has 1 aliphatic rings. The standard InChI is InChI=1S/C40H29N3/c1-40(2)32-15-7-10-18-36(32)43-35-17-9-6-14-30(35)31-24-28(25-33(40)38(31)43)26-20-22-27(23-21-26)39-41-34-16-8-11-19-37(34)42(39)29-12-4-3-5-13-29/h3-25H,1-2H3. The van der Waals surface area contributed by atoms with E-state index in [1.165, 1.54) is 49.7 Å². The molecule has 0 saturated heterocycles. The van der Waals surface area contributed by atoms with Gasteiger partial charge in [-0.25, -0.2) is 4.98 Å². The summed E-state index contributed by atoms with van der Waals surface area (Å²) in [6, 6.07) is 50.3. The third-order valence-corrected chi connectivity index (χ3v) is 9.31. The van der Waals surface area contributed by atoms with Crippen LogP contribution in [0.4, 0.5) is 0 Å². The van der Waals surface area contributed by atoms with E-state index in [-0.39, 0.29) is 5.41 Å². The molecule has 0 radical (unpaired) electrons. The SMILES string of the molecule is CC1(C)c2ccccc2-n2c3ccccc3c3cc(-c4ccc(-c5nc6ccccc6n5-c5ccccc5)cc4)cc1c32. The first-order valence-corrected chi connectivity index (χ1v) is 14.9. The van der Waals surface area contributed by atoms with Gasteiger partial charge in [-0.15, -0.1) is 0 Å². The van der Waals surface area contributed by atoms with Crippen molar-refractivity contribution in [2.45, 2.75) is 19.3 Å². The molecule has 0 amide bonds. The van der Waals surface area contributed by atoms with Crippen molar-refractivity contribution in [3.63, 3.8) is 0 Å². The molecule has 8 aromatic rings. The molecule has 0 atom stereocenters. The minimum absolute atomic E-state index is 0.129. The zero-order valence-electron chi connectivity index (χ0n) is 24.1. The lowest BCUT2D eigenvalue weighted by Crippen LogP contribution is -2.26. The Morgan fingerprint density at radius 1 is 0.512 bits per heavy atom. The molecule has 0 bridgehead atoms. The average molecular weight is 552 g/mol. The molecule has 43 heavy (non-hydrogen) atoms. The molecular weight excluding hydrogens is 522 g/mol. The molecule has 0 unspecified atom stereocenters. The first kappa shape index (κ1) is 24.2. The van der Waals surface area contributed by atoms with Gasteiger partial charge in [0.15, 0.2) is 0 Å². The molecule has 0 saturated carbocycles. The van der Waals surface area contributed by atoms with Crippen LogP contribution < -0.4 is 0 Å². The van der Waals surface area contributed by atoms with E-state index in [2.05, 4.69) is 163 Å². The van der Waals surface area contributed by atoms with Crippen LogP contribution in [0.2, 0.25) is 0 Å². The molecule has 3 heterocycles. The molecule has 0 N–H and O–H groups in total. The number of nitrogens with zero attached hydrogens (tertiary/aromatic N) is 3. The lowest BCUT2D eigenvalue weighted by molar-refractivity contribution is 0.630. The van der Waals surface area contributed by atoms with Crippen molar-refractivity contribution < 1.29 is 0 Å². The molecule has 3 heteroatoms. The maximum Gasteiger partial charge on any atom is 0.145 e. The first-order valence-electron chi connectivity index (χ1n) is 14.9. The fraction of sp³-hybridized carbons (Fsp3) is 0.0750. The summed E-state index contributed by atoms with van der Waals surface area (Å²) in [5, 5.41) is 2.60. The van der Waals surface area contributed by atoms with Crippen molar-refractivity contribution in [3.05, 3.63) is 151 Å². The number of fused-ring (bicyclic) bond motifs is 6. The predicted molar refractivity (Wildman–Crippen MR) is 178 cm³/mol. The van der Waals surface area contributed by atoms with Crippen molar-refractivity contribution in [2.75, 3.05) is 0 Å². The Hall–Kier alpha value is -5.41. The Kier molecular flexibility index (Phi) is 4.95. The van der Waals surface area contributed by atoms with E-state index in [9.17, 15) is 0 Å². The lowest BCUT2D eigenvalue weighted by atomic mass is 9.74. The van der Waals surface area contributed by atoms with Crippen LogP contribution in [-0.2, 0) is 5.41 Å². The second-order valence-electron chi connectivity index (χ2n) is 12.1. The van der Waals surface area contributed by atoms with Gasteiger partial charge in [0.05, 0.1) is 27.8 Å². The van der Waals surface area contributed by atoms with E-state index < -0.39 is 0 Å². The van der Waals surface area contributed by atoms with Crippen LogP contribution in [0, 0.1) is 0 Å². The van der Waals surface area contributed by atoms with Crippen molar-refractivity contribution in [1.29, 1.82) is 0 Å². The number of benzene rings is 6. The van der Waals surface area contributed by atoms with Crippen molar-refractivity contribution in [3.8, 4) is 33.9 Å². The number of hydrogen-bond donors (Lipinski definition) is 0. The zero-order valence-corrected chi connectivity index (χ0v) is 24.1. The summed E-state index contributed by atoms with van der Waals surface area (Å²) in [6.07, 6.45) is 0. The lowest BCUT2D eigenvalue weighted by Gasteiger charge is -2.35. The Morgan fingerprint density at radius 3 is 2.02 bits per heavy atom. The van der Waals surface area contributed by atoms with Crippen LogP contribution in [0.1, 0.15) is 25.0 Å². The molecule has 204 valence electrons. The highest BCUT2D eigenvalue weighted by Gasteiger charge is 2.35. The van der Waals surface area contributed by atoms with Gasteiger partial charge < -0.3 is 4.57 Å². The quantitative estimate of drug-likeness (QED) is 0.214. The third kappa shape index (κ3) is 3.39. The molecule has 0 spiro atoms. The summed E-state index contributed by atoms with van der Waals surface area (Å²) < 4.78 is 4.73. The Bertz CT molecular complexity index is 2350. The minimum Gasteiger partial charge on any atom is -0.309 e. The Morgan fingerprint density at radius 2 is 1.19 bits per heavy atom. The van der Waals surface area contributed by atoms with Gasteiger partial charge in [-0.05, 0) is 70.8 Å². The van der Waals surface area contributed by atoms with E-state index in [0.29, 0.717) is 0 Å². The maximum absolute atomic E-state index is 5.08. The van der Waals surface area contributed by atoms with E-state index in [1.807, 2.05) is 0 Å². The van der Waals surface area contributed by atoms with E-state index >= 15 is 0 Å². The highest BCUT2D eigenvalue weighted by Crippen LogP contribution is 2.48. The van der Waals surface area contributed by atoms with E-state index in [1.54, 1.807) is 0 Å². The summed E-state index contributed by atoms with van der Waals surface area (Å²) in [5.41, 5.74) is 13.2. The number of aromatic nitrogens is 3. The minimum atomic E-state index is -0.129. The van der Waals surface area contributed by atoms with Crippen LogP contribution >= 0.6 is 0 Å². The van der Waals surface area contributed by atoms with Crippen LogP contribution in [0.15, 0.2) is 140 Å². The monoisotopic (exact) mass is 551 g/mol. The molecule has 0 fully saturated rings. The van der Waals surface area contributed by atoms with Gasteiger partial charge in [0.2, 0.25) is 0 Å². The van der Waals surface area contributed by atoms with Crippen molar-refractivity contribution in [2.24, 2.45) is 0 Å². The number of rotatable bonds is 3. The first-order chi connectivity index (χ1) is 21.1. The summed E-state index contributed by atoms with van der Waals surface area (Å²) in [5.74, 6) is 0.949. The molecule has 6 aromatic carbocycles. The molecule has 3 nitrogen and oxygen atoms in total. The average Bonchev–Trinajstić information content (AvgIpc) is 3.61. The molecule has 1 aliphatic heterocycles. The van der Waals surface area contributed by atoms with Crippen LogP contribution in [-0.4, -0.2) is 14.1 Å². The van der Waals surface area contributed by atoms with E-state index in [0.717, 1.165) is 28.1 Å². The summed E-state index contributed by atoms with van der Waals surface area (Å²) in [4.78, 5) is 5.08. The smallest absolute Gasteiger partial charge is 0.145 e. The van der Waals surface area contributed by atoms with Gasteiger partial charge in [0.1, 0.15) is 5.82 Å². The molecular formula is C40H29N3. The number of hydrogen-bond acceptors (Lipinski definition) is 1. The second-order valence-corrected chi connectivity index (χ2v) is 12.1. The largest absolute Gasteiger partial charge is 0.309 e. The highest BCUT2D eigenvalue weighted by molar-refractivity contribution is 6.13. The van der Waals surface area contributed by atoms with Gasteiger partial charge in [-0.2, -0.15) is 0 Å². The molecule has 9 rings (SSSR count). The second kappa shape index (κ2) is 8.80. The predicted octanol–water partition coefficient (Wildman–Crippen LogP) is 10.1. The Labute approximate surface area is 250 Å². The topological polar surface area (TPSA) is 22.8 Å².